The Morgan fingerprint density at radius 1 is 1.08 bits per heavy atom. The topological polar surface area (TPSA) is 67.4 Å². The molecular formula is C18H15ClN2O3S. The molecule has 0 aliphatic heterocycles. The summed E-state index contributed by atoms with van der Waals surface area (Å²) < 4.78 is 5.99. The average Bonchev–Trinajstić information content (AvgIpc) is 2.97. The van der Waals surface area contributed by atoms with Gasteiger partial charge in [0.2, 0.25) is 5.91 Å². The maximum absolute atomic E-state index is 12.3. The molecule has 3 rings (SSSR count). The second kappa shape index (κ2) is 7.55. The summed E-state index contributed by atoms with van der Waals surface area (Å²) in [4.78, 5) is 24.6. The van der Waals surface area contributed by atoms with E-state index < -0.39 is 5.91 Å². The molecule has 0 atom stereocenters. The number of thiophene rings is 1. The number of fused-ring (bicyclic) bond motifs is 1. The second-order valence-electron chi connectivity index (χ2n) is 5.27. The van der Waals surface area contributed by atoms with Crippen molar-refractivity contribution in [2.45, 2.75) is 6.42 Å². The second-order valence-corrected chi connectivity index (χ2v) is 6.70. The van der Waals surface area contributed by atoms with Crippen LogP contribution in [0.25, 0.3) is 10.1 Å². The Labute approximate surface area is 153 Å². The van der Waals surface area contributed by atoms with E-state index in [-0.39, 0.29) is 12.3 Å². The molecule has 0 fully saturated rings. The first-order valence-electron chi connectivity index (χ1n) is 7.47. The van der Waals surface area contributed by atoms with Crippen molar-refractivity contribution >= 4 is 44.8 Å². The van der Waals surface area contributed by atoms with Gasteiger partial charge in [-0.05, 0) is 23.8 Å². The summed E-state index contributed by atoms with van der Waals surface area (Å²) in [6.45, 7) is 0. The van der Waals surface area contributed by atoms with Gasteiger partial charge in [0.1, 0.15) is 10.6 Å². The summed E-state index contributed by atoms with van der Waals surface area (Å²) in [7, 11) is 1.58. The highest BCUT2D eigenvalue weighted by molar-refractivity contribution is 7.21. The van der Waals surface area contributed by atoms with E-state index in [1.165, 1.54) is 11.3 Å². The zero-order chi connectivity index (χ0) is 17.8. The lowest BCUT2D eigenvalue weighted by Gasteiger charge is -2.07. The van der Waals surface area contributed by atoms with Crippen LogP contribution < -0.4 is 15.6 Å². The molecule has 1 heterocycles. The monoisotopic (exact) mass is 374 g/mol. The summed E-state index contributed by atoms with van der Waals surface area (Å²) in [5, 5.41) is 1.21. The van der Waals surface area contributed by atoms with E-state index in [0.717, 1.165) is 21.4 Å². The number of amides is 2. The van der Waals surface area contributed by atoms with Gasteiger partial charge in [-0.3, -0.25) is 20.4 Å². The molecule has 2 amide bonds. The number of hydrogen-bond donors (Lipinski definition) is 2. The van der Waals surface area contributed by atoms with Crippen molar-refractivity contribution in [3.63, 3.8) is 0 Å². The normalized spacial score (nSPS) is 10.5. The van der Waals surface area contributed by atoms with Gasteiger partial charge in [-0.1, -0.05) is 41.9 Å². The summed E-state index contributed by atoms with van der Waals surface area (Å²) >= 11 is 7.53. The lowest BCUT2D eigenvalue weighted by molar-refractivity contribution is -0.121. The molecule has 5 nitrogen and oxygen atoms in total. The third-order valence-electron chi connectivity index (χ3n) is 3.58. The maximum atomic E-state index is 12.3. The average molecular weight is 375 g/mol. The van der Waals surface area contributed by atoms with Crippen molar-refractivity contribution in [2.24, 2.45) is 0 Å². The number of benzene rings is 2. The minimum atomic E-state index is -0.436. The van der Waals surface area contributed by atoms with Crippen LogP contribution in [0.2, 0.25) is 5.02 Å². The molecule has 0 radical (unpaired) electrons. The molecule has 2 aromatic carbocycles. The molecular weight excluding hydrogens is 360 g/mol. The highest BCUT2D eigenvalue weighted by atomic mass is 35.5. The van der Waals surface area contributed by atoms with Crippen molar-refractivity contribution in [3.05, 3.63) is 64.0 Å². The molecule has 0 unspecified atom stereocenters. The van der Waals surface area contributed by atoms with Crippen molar-refractivity contribution in [2.75, 3.05) is 7.11 Å². The quantitative estimate of drug-likeness (QED) is 0.686. The largest absolute Gasteiger partial charge is 0.497 e. The number of nitrogens with one attached hydrogen (secondary N) is 2. The van der Waals surface area contributed by atoms with E-state index in [4.69, 9.17) is 16.3 Å². The van der Waals surface area contributed by atoms with Crippen LogP contribution in [0.15, 0.2) is 48.5 Å². The first-order chi connectivity index (χ1) is 12.1. The van der Waals surface area contributed by atoms with E-state index in [2.05, 4.69) is 10.9 Å². The molecule has 0 saturated heterocycles. The van der Waals surface area contributed by atoms with Gasteiger partial charge in [-0.15, -0.1) is 11.3 Å². The van der Waals surface area contributed by atoms with E-state index in [1.54, 1.807) is 31.4 Å². The molecule has 25 heavy (non-hydrogen) atoms. The fourth-order valence-corrected chi connectivity index (χ4v) is 3.73. The number of carbonyl (C=O) groups excluding carboxylic acids is 2. The lowest BCUT2D eigenvalue weighted by atomic mass is 10.1. The predicted molar refractivity (Wildman–Crippen MR) is 99.1 cm³/mol. The van der Waals surface area contributed by atoms with Crippen LogP contribution in [0.3, 0.4) is 0 Å². The van der Waals surface area contributed by atoms with Gasteiger partial charge in [-0.25, -0.2) is 0 Å². The number of carbonyl (C=O) groups is 2. The number of hydrazine groups is 1. The summed E-state index contributed by atoms with van der Waals surface area (Å²) in [6.07, 6.45) is 0.143. The fourth-order valence-electron chi connectivity index (χ4n) is 2.32. The first kappa shape index (κ1) is 17.3. The Morgan fingerprint density at radius 3 is 2.48 bits per heavy atom. The molecule has 0 aliphatic carbocycles. The lowest BCUT2D eigenvalue weighted by Crippen LogP contribution is -2.42. The van der Waals surface area contributed by atoms with E-state index >= 15 is 0 Å². The van der Waals surface area contributed by atoms with Crippen LogP contribution >= 0.6 is 22.9 Å². The van der Waals surface area contributed by atoms with E-state index in [1.807, 2.05) is 24.3 Å². The zero-order valence-corrected chi connectivity index (χ0v) is 14.9. The number of halogens is 1. The van der Waals surface area contributed by atoms with Crippen LogP contribution in [-0.2, 0) is 11.2 Å². The highest BCUT2D eigenvalue weighted by Crippen LogP contribution is 2.34. The number of ether oxygens (including phenoxy) is 1. The minimum Gasteiger partial charge on any atom is -0.497 e. The number of hydrogen-bond acceptors (Lipinski definition) is 4. The van der Waals surface area contributed by atoms with Crippen LogP contribution in [0.5, 0.6) is 5.75 Å². The molecule has 0 spiro atoms. The molecule has 1 aromatic heterocycles. The third kappa shape index (κ3) is 3.92. The SMILES string of the molecule is COc1ccc(CC(=O)NNC(=O)c2sc3ccccc3c2Cl)cc1. The maximum Gasteiger partial charge on any atom is 0.281 e. The Morgan fingerprint density at radius 2 is 1.80 bits per heavy atom. The highest BCUT2D eigenvalue weighted by Gasteiger charge is 2.17. The van der Waals surface area contributed by atoms with Gasteiger partial charge in [0, 0.05) is 10.1 Å². The Hall–Kier alpha value is -2.57. The van der Waals surface area contributed by atoms with Gasteiger partial charge >= 0.3 is 0 Å². The minimum absolute atomic E-state index is 0.143. The molecule has 3 aromatic rings. The van der Waals surface area contributed by atoms with Crippen LogP contribution in [0.4, 0.5) is 0 Å². The van der Waals surface area contributed by atoms with Crippen LogP contribution in [-0.4, -0.2) is 18.9 Å². The van der Waals surface area contributed by atoms with Gasteiger partial charge in [0.05, 0.1) is 18.6 Å². The Bertz CT molecular complexity index is 922. The van der Waals surface area contributed by atoms with Crippen molar-refractivity contribution in [1.82, 2.24) is 10.9 Å². The smallest absolute Gasteiger partial charge is 0.281 e. The molecule has 7 heteroatoms. The summed E-state index contributed by atoms with van der Waals surface area (Å²) in [5.74, 6) is -0.0399. The summed E-state index contributed by atoms with van der Waals surface area (Å²) in [5.41, 5.74) is 5.63. The fraction of sp³-hybridized carbons (Fsp3) is 0.111. The van der Waals surface area contributed by atoms with Crippen molar-refractivity contribution < 1.29 is 14.3 Å². The van der Waals surface area contributed by atoms with Crippen LogP contribution in [0.1, 0.15) is 15.2 Å². The van der Waals surface area contributed by atoms with E-state index in [9.17, 15) is 9.59 Å². The Kier molecular flexibility index (Phi) is 5.21. The standard InChI is InChI=1S/C18H15ClN2O3S/c1-24-12-8-6-11(7-9-12)10-15(22)20-21-18(23)17-16(19)13-4-2-3-5-14(13)25-17/h2-9H,10H2,1H3,(H,20,22)(H,21,23). The third-order valence-corrected chi connectivity index (χ3v) is 5.25. The van der Waals surface area contributed by atoms with Crippen LogP contribution in [0, 0.1) is 0 Å². The summed E-state index contributed by atoms with van der Waals surface area (Å²) in [6, 6.07) is 14.6. The van der Waals surface area contributed by atoms with Crippen molar-refractivity contribution in [3.8, 4) is 5.75 Å². The number of rotatable bonds is 4. The van der Waals surface area contributed by atoms with Gasteiger partial charge in [0.15, 0.2) is 0 Å². The first-order valence-corrected chi connectivity index (χ1v) is 8.67. The molecule has 0 aliphatic rings. The predicted octanol–water partition coefficient (Wildman–Crippen LogP) is 3.57. The van der Waals surface area contributed by atoms with E-state index in [0.29, 0.717) is 9.90 Å². The molecule has 128 valence electrons. The molecule has 2 N–H and O–H groups in total. The van der Waals surface area contributed by atoms with Gasteiger partial charge < -0.3 is 4.74 Å². The zero-order valence-electron chi connectivity index (χ0n) is 13.3. The Balaban J connectivity index is 1.60. The number of methoxy groups -OCH3 is 1. The van der Waals surface area contributed by atoms with Gasteiger partial charge in [0.25, 0.3) is 5.91 Å². The molecule has 0 saturated carbocycles. The van der Waals surface area contributed by atoms with Gasteiger partial charge in [-0.2, -0.15) is 0 Å². The van der Waals surface area contributed by atoms with Crippen molar-refractivity contribution in [1.29, 1.82) is 0 Å². The molecule has 0 bridgehead atoms.